The molecule has 1 aromatic heterocycles. The van der Waals surface area contributed by atoms with E-state index in [9.17, 15) is 9.50 Å². The Balaban J connectivity index is 1.58. The number of hydrogen-bond donors (Lipinski definition) is 2. The van der Waals surface area contributed by atoms with Crippen LogP contribution in [0.25, 0.3) is 0 Å². The predicted molar refractivity (Wildman–Crippen MR) is 108 cm³/mol. The van der Waals surface area contributed by atoms with Crippen LogP contribution in [0.1, 0.15) is 24.4 Å². The van der Waals surface area contributed by atoms with Gasteiger partial charge in [0, 0.05) is 29.7 Å². The molecular weight excluding hydrogens is 453 g/mol. The first-order chi connectivity index (χ1) is 13.5. The average Bonchev–Trinajstić information content (AvgIpc) is 2.72. The Hall–Kier alpha value is -1.68. The molecule has 0 radical (unpaired) electrons. The topological polar surface area (TPSA) is 73.8 Å². The van der Waals surface area contributed by atoms with Gasteiger partial charge in [0.15, 0.2) is 11.6 Å². The number of hydrogen-bond acceptors (Lipinski definition) is 7. The van der Waals surface area contributed by atoms with Gasteiger partial charge < -0.3 is 14.7 Å². The number of morpholine rings is 1. The number of aromatic hydroxyl groups is 1. The third-order valence-corrected chi connectivity index (χ3v) is 5.63. The zero-order chi connectivity index (χ0) is 19.7. The van der Waals surface area contributed by atoms with E-state index in [1.165, 1.54) is 6.20 Å². The highest BCUT2D eigenvalue weighted by molar-refractivity contribution is 9.10. The molecule has 2 aliphatic rings. The van der Waals surface area contributed by atoms with Crippen LogP contribution in [0.15, 0.2) is 22.8 Å². The van der Waals surface area contributed by atoms with Crippen molar-refractivity contribution in [2.24, 2.45) is 0 Å². The Bertz CT molecular complexity index is 868. The van der Waals surface area contributed by atoms with E-state index < -0.39 is 5.82 Å². The molecule has 7 nitrogen and oxygen atoms in total. The van der Waals surface area contributed by atoms with E-state index in [2.05, 4.69) is 31.3 Å². The first-order valence-corrected chi connectivity index (χ1v) is 10.3. The number of benzene rings is 1. The summed E-state index contributed by atoms with van der Waals surface area (Å²) < 4.78 is 20.4. The van der Waals surface area contributed by atoms with Gasteiger partial charge in [0.2, 0.25) is 5.95 Å². The summed E-state index contributed by atoms with van der Waals surface area (Å²) in [5.74, 6) is 0.285. The van der Waals surface area contributed by atoms with Crippen molar-refractivity contribution in [3.8, 4) is 5.75 Å². The second kappa shape index (κ2) is 8.36. The number of phenols is 1. The molecule has 2 aliphatic heterocycles. The van der Waals surface area contributed by atoms with Gasteiger partial charge in [-0.15, -0.1) is 0 Å². The largest absolute Gasteiger partial charge is 0.506 e. The van der Waals surface area contributed by atoms with E-state index in [-0.39, 0.29) is 22.6 Å². The summed E-state index contributed by atoms with van der Waals surface area (Å²) in [5.41, 5.74) is 4.03. The summed E-state index contributed by atoms with van der Waals surface area (Å²) in [4.78, 5) is 10.5. The zero-order valence-electron chi connectivity index (χ0n) is 15.0. The Labute approximate surface area is 175 Å². The highest BCUT2D eigenvalue weighted by atomic mass is 79.9. The van der Waals surface area contributed by atoms with Crippen molar-refractivity contribution in [3.63, 3.8) is 0 Å². The number of rotatable bonds is 3. The maximum absolute atomic E-state index is 14.3. The lowest BCUT2D eigenvalue weighted by Gasteiger charge is -2.35. The number of hydrazine groups is 1. The molecule has 3 heterocycles. The molecule has 10 heteroatoms. The summed E-state index contributed by atoms with van der Waals surface area (Å²) in [7, 11) is 0. The molecule has 0 aliphatic carbocycles. The molecule has 0 saturated carbocycles. The first kappa shape index (κ1) is 19.6. The summed E-state index contributed by atoms with van der Waals surface area (Å²) in [6.45, 7) is 2.95. The minimum absolute atomic E-state index is 0.0539. The molecule has 1 unspecified atom stereocenters. The lowest BCUT2D eigenvalue weighted by Crippen LogP contribution is -2.46. The lowest BCUT2D eigenvalue weighted by molar-refractivity contribution is 0.122. The number of aromatic nitrogens is 2. The van der Waals surface area contributed by atoms with Crippen LogP contribution < -0.4 is 15.3 Å². The number of halogens is 3. The van der Waals surface area contributed by atoms with E-state index in [0.717, 1.165) is 17.3 Å². The molecule has 150 valence electrons. The Morgan fingerprint density at radius 2 is 2.07 bits per heavy atom. The monoisotopic (exact) mass is 471 g/mol. The molecule has 0 spiro atoms. The second-order valence-corrected chi connectivity index (χ2v) is 8.06. The van der Waals surface area contributed by atoms with Crippen LogP contribution in [0.2, 0.25) is 5.02 Å². The van der Waals surface area contributed by atoms with Gasteiger partial charge in [-0.05, 0) is 25.0 Å². The minimum Gasteiger partial charge on any atom is -0.506 e. The van der Waals surface area contributed by atoms with Gasteiger partial charge >= 0.3 is 0 Å². The van der Waals surface area contributed by atoms with E-state index in [1.54, 1.807) is 11.1 Å². The van der Waals surface area contributed by atoms with Gasteiger partial charge in [0.1, 0.15) is 5.75 Å². The van der Waals surface area contributed by atoms with Gasteiger partial charge in [-0.3, -0.25) is 5.01 Å². The highest BCUT2D eigenvalue weighted by Gasteiger charge is 2.27. The predicted octanol–water partition coefficient (Wildman–Crippen LogP) is 3.42. The molecule has 2 fully saturated rings. The standard InChI is InChI=1S/C18H20BrClFN5O2/c19-11-8-12(16(27)13(20)9-11)15-2-1-3-26(24-15)18-22-10-14(21)17(23-18)25-4-6-28-7-5-25/h8-10,15,24,27H,1-7H2. The van der Waals surface area contributed by atoms with Crippen LogP contribution in [0.4, 0.5) is 16.2 Å². The van der Waals surface area contributed by atoms with E-state index >= 15 is 0 Å². The van der Waals surface area contributed by atoms with Gasteiger partial charge in [-0.1, -0.05) is 27.5 Å². The molecule has 1 aromatic carbocycles. The quantitative estimate of drug-likeness (QED) is 0.709. The molecule has 28 heavy (non-hydrogen) atoms. The van der Waals surface area contributed by atoms with E-state index in [0.29, 0.717) is 44.4 Å². The number of nitrogens with one attached hydrogen (secondary N) is 1. The summed E-state index contributed by atoms with van der Waals surface area (Å²) in [5, 5.41) is 12.5. The summed E-state index contributed by atoms with van der Waals surface area (Å²) in [6.07, 6.45) is 2.87. The lowest BCUT2D eigenvalue weighted by atomic mass is 10.00. The number of phenolic OH excluding ortho intramolecular Hbond substituents is 1. The highest BCUT2D eigenvalue weighted by Crippen LogP contribution is 2.38. The number of nitrogens with zero attached hydrogens (tertiary/aromatic N) is 4. The van der Waals surface area contributed by atoms with Gasteiger partial charge in [-0.2, -0.15) is 4.98 Å². The van der Waals surface area contributed by atoms with E-state index in [4.69, 9.17) is 16.3 Å². The Morgan fingerprint density at radius 3 is 2.86 bits per heavy atom. The van der Waals surface area contributed by atoms with Crippen LogP contribution in [-0.2, 0) is 4.74 Å². The molecule has 2 N–H and O–H groups in total. The van der Waals surface area contributed by atoms with Crippen LogP contribution in [-0.4, -0.2) is 47.9 Å². The molecule has 0 bridgehead atoms. The average molecular weight is 473 g/mol. The van der Waals surface area contributed by atoms with Gasteiger partial charge in [0.25, 0.3) is 0 Å². The summed E-state index contributed by atoms with van der Waals surface area (Å²) >= 11 is 9.53. The SMILES string of the molecule is Oc1c(Cl)cc(Br)cc1C1CCCN(c2ncc(F)c(N3CCOCC3)n2)N1. The number of ether oxygens (including phenoxy) is 1. The molecular formula is C18H20BrClFN5O2. The van der Waals surface area contributed by atoms with Crippen LogP contribution in [0.3, 0.4) is 0 Å². The summed E-state index contributed by atoms with van der Waals surface area (Å²) in [6, 6.07) is 3.33. The van der Waals surface area contributed by atoms with Crippen LogP contribution in [0, 0.1) is 5.82 Å². The fourth-order valence-electron chi connectivity index (χ4n) is 3.48. The maximum atomic E-state index is 14.3. The maximum Gasteiger partial charge on any atom is 0.242 e. The van der Waals surface area contributed by atoms with Crippen molar-refractivity contribution >= 4 is 39.3 Å². The molecule has 2 saturated heterocycles. The Morgan fingerprint density at radius 1 is 1.29 bits per heavy atom. The van der Waals surface area contributed by atoms with E-state index in [1.807, 2.05) is 11.0 Å². The molecule has 0 amide bonds. The first-order valence-electron chi connectivity index (χ1n) is 9.10. The van der Waals surface area contributed by atoms with Crippen molar-refractivity contribution < 1.29 is 14.2 Å². The zero-order valence-corrected chi connectivity index (χ0v) is 17.4. The molecule has 4 rings (SSSR count). The van der Waals surface area contributed by atoms with Crippen molar-refractivity contribution in [1.29, 1.82) is 0 Å². The van der Waals surface area contributed by atoms with Crippen LogP contribution in [0.5, 0.6) is 5.75 Å². The van der Waals surface area contributed by atoms with Crippen LogP contribution >= 0.6 is 27.5 Å². The normalized spacial score (nSPS) is 20.5. The minimum atomic E-state index is -0.448. The van der Waals surface area contributed by atoms with Crippen molar-refractivity contribution in [2.75, 3.05) is 42.8 Å². The third-order valence-electron chi connectivity index (χ3n) is 4.88. The van der Waals surface area contributed by atoms with Crippen molar-refractivity contribution in [3.05, 3.63) is 39.2 Å². The Kier molecular flexibility index (Phi) is 5.86. The number of anilines is 2. The van der Waals surface area contributed by atoms with Crippen molar-refractivity contribution in [2.45, 2.75) is 18.9 Å². The van der Waals surface area contributed by atoms with Crippen molar-refractivity contribution in [1.82, 2.24) is 15.4 Å². The van der Waals surface area contributed by atoms with Gasteiger partial charge in [-0.25, -0.2) is 14.8 Å². The smallest absolute Gasteiger partial charge is 0.242 e. The second-order valence-electron chi connectivity index (χ2n) is 6.74. The molecule has 2 aromatic rings. The van der Waals surface area contributed by atoms with Gasteiger partial charge in [0.05, 0.1) is 30.5 Å². The molecule has 1 atom stereocenters. The third kappa shape index (κ3) is 4.03. The fraction of sp³-hybridized carbons (Fsp3) is 0.444. The fourth-order valence-corrected chi connectivity index (χ4v) is 4.32.